The molecule has 122 valence electrons. The summed E-state index contributed by atoms with van der Waals surface area (Å²) in [5, 5.41) is 5.17. The van der Waals surface area contributed by atoms with Crippen LogP contribution in [0.2, 0.25) is 0 Å². The summed E-state index contributed by atoms with van der Waals surface area (Å²) in [7, 11) is 0. The summed E-state index contributed by atoms with van der Waals surface area (Å²) in [4.78, 5) is 27.7. The van der Waals surface area contributed by atoms with Crippen LogP contribution in [0.15, 0.2) is 42.5 Å². The predicted molar refractivity (Wildman–Crippen MR) is 86.9 cm³/mol. The van der Waals surface area contributed by atoms with Crippen molar-refractivity contribution >= 4 is 38.5 Å². The Bertz CT molecular complexity index is 873. The lowest BCUT2D eigenvalue weighted by atomic mass is 10.2. The van der Waals surface area contributed by atoms with Gasteiger partial charge in [-0.1, -0.05) is 29.5 Å². The van der Waals surface area contributed by atoms with Crippen LogP contribution in [-0.4, -0.2) is 23.3 Å². The molecule has 0 saturated heterocycles. The highest BCUT2D eigenvalue weighted by Gasteiger charge is 2.12. The first-order valence-corrected chi connectivity index (χ1v) is 7.73. The fourth-order valence-corrected chi connectivity index (χ4v) is 2.88. The Hall–Kier alpha value is -2.87. The maximum absolute atomic E-state index is 13.2. The Labute approximate surface area is 139 Å². The summed E-state index contributed by atoms with van der Waals surface area (Å²) in [6, 6.07) is 10.5. The third kappa shape index (κ3) is 3.54. The lowest BCUT2D eigenvalue weighted by Crippen LogP contribution is -2.32. The number of amides is 2. The smallest absolute Gasteiger partial charge is 0.251 e. The summed E-state index contributed by atoms with van der Waals surface area (Å²) in [5.74, 6) is -2.83. The number of rotatable bonds is 4. The van der Waals surface area contributed by atoms with E-state index in [2.05, 4.69) is 15.6 Å². The second-order valence-corrected chi connectivity index (χ2v) is 5.88. The van der Waals surface area contributed by atoms with Crippen molar-refractivity contribution in [3.8, 4) is 0 Å². The number of nitrogens with one attached hydrogen (secondary N) is 2. The Morgan fingerprint density at radius 2 is 1.79 bits per heavy atom. The van der Waals surface area contributed by atoms with Crippen LogP contribution in [0, 0.1) is 11.6 Å². The molecule has 0 fully saturated rings. The normalized spacial score (nSPS) is 10.6. The second kappa shape index (κ2) is 6.71. The van der Waals surface area contributed by atoms with Crippen LogP contribution in [0.5, 0.6) is 0 Å². The van der Waals surface area contributed by atoms with Crippen molar-refractivity contribution < 1.29 is 18.4 Å². The van der Waals surface area contributed by atoms with Gasteiger partial charge in [-0.25, -0.2) is 13.8 Å². The van der Waals surface area contributed by atoms with Gasteiger partial charge in [-0.15, -0.1) is 0 Å². The molecule has 24 heavy (non-hydrogen) atoms. The van der Waals surface area contributed by atoms with Crippen molar-refractivity contribution in [3.63, 3.8) is 0 Å². The molecule has 5 nitrogen and oxygen atoms in total. The van der Waals surface area contributed by atoms with E-state index >= 15 is 0 Å². The van der Waals surface area contributed by atoms with Gasteiger partial charge in [0.05, 0.1) is 16.8 Å². The number of halogens is 2. The number of fused-ring (bicyclic) bond motifs is 1. The van der Waals surface area contributed by atoms with Crippen LogP contribution in [-0.2, 0) is 4.79 Å². The van der Waals surface area contributed by atoms with Gasteiger partial charge in [0.2, 0.25) is 5.91 Å². The van der Waals surface area contributed by atoms with E-state index in [1.807, 2.05) is 0 Å². The van der Waals surface area contributed by atoms with Crippen molar-refractivity contribution in [1.82, 2.24) is 10.3 Å². The molecule has 0 aliphatic rings. The van der Waals surface area contributed by atoms with Crippen LogP contribution in [0.25, 0.3) is 10.2 Å². The van der Waals surface area contributed by atoms with Crippen molar-refractivity contribution in [3.05, 3.63) is 59.7 Å². The van der Waals surface area contributed by atoms with E-state index in [0.717, 1.165) is 23.5 Å². The van der Waals surface area contributed by atoms with Crippen molar-refractivity contribution in [2.75, 3.05) is 11.9 Å². The first-order valence-electron chi connectivity index (χ1n) is 6.91. The molecule has 2 aromatic carbocycles. The van der Waals surface area contributed by atoms with Crippen LogP contribution in [0.1, 0.15) is 10.4 Å². The van der Waals surface area contributed by atoms with Gasteiger partial charge in [0.1, 0.15) is 0 Å². The number of aromatic nitrogens is 1. The average Bonchev–Trinajstić information content (AvgIpc) is 2.94. The second-order valence-electron chi connectivity index (χ2n) is 4.85. The van der Waals surface area contributed by atoms with Crippen molar-refractivity contribution in [2.24, 2.45) is 0 Å². The zero-order valence-corrected chi connectivity index (χ0v) is 13.0. The standard InChI is InChI=1S/C16H11F2N3O2S/c17-10-6-12-13(7-11(10)18)24-16(20-12)21-14(22)8-19-15(23)9-4-2-1-3-5-9/h1-7H,8H2,(H,19,23)(H,20,21,22). The van der Waals surface area contributed by atoms with Gasteiger partial charge in [0.25, 0.3) is 5.91 Å². The van der Waals surface area contributed by atoms with E-state index in [4.69, 9.17) is 0 Å². The van der Waals surface area contributed by atoms with E-state index in [1.54, 1.807) is 30.3 Å². The lowest BCUT2D eigenvalue weighted by Gasteiger charge is -2.04. The van der Waals surface area contributed by atoms with Crippen molar-refractivity contribution in [1.29, 1.82) is 0 Å². The third-order valence-electron chi connectivity index (χ3n) is 3.12. The molecule has 0 aliphatic heterocycles. The molecule has 0 unspecified atom stereocenters. The summed E-state index contributed by atoms with van der Waals surface area (Å²) >= 11 is 1.02. The maximum Gasteiger partial charge on any atom is 0.251 e. The molecule has 0 spiro atoms. The highest BCUT2D eigenvalue weighted by atomic mass is 32.1. The number of thiazole rings is 1. The molecule has 1 heterocycles. The third-order valence-corrected chi connectivity index (χ3v) is 4.06. The topological polar surface area (TPSA) is 71.1 Å². The molecule has 0 radical (unpaired) electrons. The van der Waals surface area contributed by atoms with Gasteiger partial charge in [-0.3, -0.25) is 9.59 Å². The highest BCUT2D eigenvalue weighted by Crippen LogP contribution is 2.27. The molecular formula is C16H11F2N3O2S. The fourth-order valence-electron chi connectivity index (χ4n) is 1.99. The Kier molecular flexibility index (Phi) is 4.48. The molecule has 2 N–H and O–H groups in total. The van der Waals surface area contributed by atoms with E-state index in [0.29, 0.717) is 10.3 Å². The molecule has 0 atom stereocenters. The summed E-state index contributed by atoms with van der Waals surface area (Å²) in [6.45, 7) is -0.244. The van der Waals surface area contributed by atoms with E-state index in [9.17, 15) is 18.4 Å². The van der Waals surface area contributed by atoms with E-state index in [-0.39, 0.29) is 23.1 Å². The van der Waals surface area contributed by atoms with Gasteiger partial charge in [-0.05, 0) is 18.2 Å². The minimum Gasteiger partial charge on any atom is -0.343 e. The molecule has 0 bridgehead atoms. The molecule has 3 aromatic rings. The van der Waals surface area contributed by atoms with E-state index < -0.39 is 17.5 Å². The van der Waals surface area contributed by atoms with Crippen LogP contribution >= 0.6 is 11.3 Å². The first kappa shape index (κ1) is 16.0. The maximum atomic E-state index is 13.2. The Morgan fingerprint density at radius 1 is 1.08 bits per heavy atom. The quantitative estimate of drug-likeness (QED) is 0.762. The van der Waals surface area contributed by atoms with Crippen molar-refractivity contribution in [2.45, 2.75) is 0 Å². The number of benzene rings is 2. The zero-order valence-electron chi connectivity index (χ0n) is 12.2. The number of hydrogen-bond donors (Lipinski definition) is 2. The number of nitrogens with zero attached hydrogens (tertiary/aromatic N) is 1. The van der Waals surface area contributed by atoms with Gasteiger partial charge in [-0.2, -0.15) is 0 Å². The summed E-state index contributed by atoms with van der Waals surface area (Å²) < 4.78 is 26.7. The van der Waals surface area contributed by atoms with Crippen LogP contribution in [0.4, 0.5) is 13.9 Å². The molecule has 0 saturated carbocycles. The number of carbonyl (C=O) groups is 2. The monoisotopic (exact) mass is 347 g/mol. The van der Waals surface area contributed by atoms with Gasteiger partial charge in [0, 0.05) is 11.6 Å². The minimum atomic E-state index is -0.999. The first-order chi connectivity index (χ1) is 11.5. The number of carbonyl (C=O) groups excluding carboxylic acids is 2. The van der Waals surface area contributed by atoms with Gasteiger partial charge in [0.15, 0.2) is 16.8 Å². The summed E-state index contributed by atoms with van der Waals surface area (Å²) in [6.07, 6.45) is 0. The number of hydrogen-bond acceptors (Lipinski definition) is 4. The molecule has 3 rings (SSSR count). The minimum absolute atomic E-state index is 0.203. The predicted octanol–water partition coefficient (Wildman–Crippen LogP) is 2.94. The molecule has 1 aromatic heterocycles. The lowest BCUT2D eigenvalue weighted by molar-refractivity contribution is -0.115. The van der Waals surface area contributed by atoms with E-state index in [1.165, 1.54) is 0 Å². The molecule has 2 amide bonds. The summed E-state index contributed by atoms with van der Waals surface area (Å²) in [5.41, 5.74) is 0.693. The van der Waals surface area contributed by atoms with Crippen LogP contribution < -0.4 is 10.6 Å². The molecule has 8 heteroatoms. The number of anilines is 1. The largest absolute Gasteiger partial charge is 0.343 e. The Morgan fingerprint density at radius 3 is 2.54 bits per heavy atom. The van der Waals surface area contributed by atoms with Gasteiger partial charge < -0.3 is 10.6 Å². The fraction of sp³-hybridized carbons (Fsp3) is 0.0625. The molecular weight excluding hydrogens is 336 g/mol. The zero-order chi connectivity index (χ0) is 17.1. The SMILES string of the molecule is O=C(CNC(=O)c1ccccc1)Nc1nc2cc(F)c(F)cc2s1. The Balaban J connectivity index is 1.62. The van der Waals surface area contributed by atoms with Gasteiger partial charge >= 0.3 is 0 Å². The average molecular weight is 347 g/mol. The van der Waals surface area contributed by atoms with Crippen LogP contribution in [0.3, 0.4) is 0 Å². The highest BCUT2D eigenvalue weighted by molar-refractivity contribution is 7.22. The molecule has 0 aliphatic carbocycles.